The SMILES string of the molecule is CCc1ccc(Cl)c(S(=O)(=O)O)c1N=Nc1c([O-])c(C(=O)Nc2cc(Cl)cc(OC)c2)cc2ccccc12.[Na+]. The van der Waals surface area contributed by atoms with E-state index in [0.717, 1.165) is 0 Å². The Hall–Kier alpha value is -2.70. The summed E-state index contributed by atoms with van der Waals surface area (Å²) < 4.78 is 39.0. The van der Waals surface area contributed by atoms with Gasteiger partial charge in [-0.3, -0.25) is 9.35 Å². The molecule has 0 aromatic heterocycles. The van der Waals surface area contributed by atoms with E-state index in [0.29, 0.717) is 39.2 Å². The molecule has 1 amide bonds. The zero-order valence-corrected chi connectivity index (χ0v) is 25.4. The third kappa shape index (κ3) is 6.72. The van der Waals surface area contributed by atoms with Gasteiger partial charge in [-0.15, -0.1) is 5.11 Å². The van der Waals surface area contributed by atoms with Crippen LogP contribution in [-0.4, -0.2) is 26.0 Å². The number of hydrogen-bond acceptors (Lipinski definition) is 7. The summed E-state index contributed by atoms with van der Waals surface area (Å²) in [4.78, 5) is 12.5. The van der Waals surface area contributed by atoms with Gasteiger partial charge in [-0.1, -0.05) is 66.2 Å². The summed E-state index contributed by atoms with van der Waals surface area (Å²) in [7, 11) is -3.32. The molecule has 2 N–H and O–H groups in total. The number of anilines is 1. The first kappa shape index (κ1) is 30.8. The number of halogens is 2. The molecule has 4 rings (SSSR count). The Balaban J connectivity index is 0.00000420. The van der Waals surface area contributed by atoms with Crippen LogP contribution in [0.2, 0.25) is 10.0 Å². The van der Waals surface area contributed by atoms with Gasteiger partial charge in [0.15, 0.2) is 0 Å². The van der Waals surface area contributed by atoms with Crippen LogP contribution in [0.1, 0.15) is 22.8 Å². The predicted octanol–water partition coefficient (Wildman–Crippen LogP) is 3.71. The van der Waals surface area contributed by atoms with Gasteiger partial charge >= 0.3 is 29.6 Å². The van der Waals surface area contributed by atoms with E-state index < -0.39 is 26.7 Å². The Labute approximate surface area is 256 Å². The Kier molecular flexibility index (Phi) is 10.0. The molecular weight excluding hydrogens is 576 g/mol. The van der Waals surface area contributed by atoms with E-state index in [4.69, 9.17) is 27.9 Å². The van der Waals surface area contributed by atoms with Crippen LogP contribution in [0, 0.1) is 0 Å². The Bertz CT molecular complexity index is 1710. The maximum absolute atomic E-state index is 13.5. The topological polar surface area (TPSA) is 140 Å². The van der Waals surface area contributed by atoms with Crippen LogP contribution in [0.3, 0.4) is 0 Å². The summed E-state index contributed by atoms with van der Waals surface area (Å²) in [5.41, 5.74) is 0.103. The summed E-state index contributed by atoms with van der Waals surface area (Å²) in [6, 6.07) is 15.6. The van der Waals surface area contributed by atoms with Gasteiger partial charge in [-0.25, -0.2) is 0 Å². The van der Waals surface area contributed by atoms with Crippen LogP contribution >= 0.6 is 23.2 Å². The van der Waals surface area contributed by atoms with Crippen molar-refractivity contribution < 1.29 is 57.2 Å². The number of methoxy groups -OCH3 is 1. The van der Waals surface area contributed by atoms with Crippen molar-refractivity contribution >= 4 is 67.1 Å². The van der Waals surface area contributed by atoms with E-state index in [-0.39, 0.29) is 51.5 Å². The number of rotatable bonds is 7. The number of carbonyl (C=O) groups excluding carboxylic acids is 1. The Morgan fingerprint density at radius 3 is 2.41 bits per heavy atom. The van der Waals surface area contributed by atoms with Crippen molar-refractivity contribution in [2.75, 3.05) is 12.4 Å². The third-order valence-corrected chi connectivity index (χ3v) is 7.22. The number of fused-ring (bicyclic) bond motifs is 1. The van der Waals surface area contributed by atoms with Gasteiger partial charge in [0.1, 0.15) is 16.3 Å². The summed E-state index contributed by atoms with van der Waals surface area (Å²) in [5.74, 6) is -1.06. The van der Waals surface area contributed by atoms with Crippen LogP contribution < -0.4 is 44.7 Å². The fourth-order valence-corrected chi connectivity index (χ4v) is 5.26. The zero-order valence-electron chi connectivity index (χ0n) is 21.0. The van der Waals surface area contributed by atoms with Crippen molar-refractivity contribution in [1.29, 1.82) is 0 Å². The van der Waals surface area contributed by atoms with Gasteiger partial charge in [0.25, 0.3) is 16.0 Å². The Morgan fingerprint density at radius 2 is 1.74 bits per heavy atom. The molecule has 0 heterocycles. The molecular formula is C26H20Cl2N3NaO6S. The average molecular weight is 596 g/mol. The number of carbonyl (C=O) groups is 1. The van der Waals surface area contributed by atoms with E-state index in [1.807, 2.05) is 0 Å². The van der Waals surface area contributed by atoms with Gasteiger partial charge in [-0.2, -0.15) is 13.5 Å². The van der Waals surface area contributed by atoms with E-state index in [1.54, 1.807) is 43.3 Å². The maximum Gasteiger partial charge on any atom is 1.00 e. The minimum absolute atomic E-state index is 0. The smallest absolute Gasteiger partial charge is 0.870 e. The van der Waals surface area contributed by atoms with Crippen molar-refractivity contribution in [3.05, 3.63) is 81.8 Å². The number of aryl methyl sites for hydroxylation is 1. The summed E-state index contributed by atoms with van der Waals surface area (Å²) in [5, 5.41) is 25.2. The molecule has 0 aliphatic carbocycles. The molecule has 0 fully saturated rings. The van der Waals surface area contributed by atoms with Crippen molar-refractivity contribution in [3.63, 3.8) is 0 Å². The number of ether oxygens (including phenoxy) is 1. The first-order valence-corrected chi connectivity index (χ1v) is 13.3. The van der Waals surface area contributed by atoms with Gasteiger partial charge in [0.05, 0.1) is 17.8 Å². The minimum atomic E-state index is -4.77. The van der Waals surface area contributed by atoms with Crippen molar-refractivity contribution in [1.82, 2.24) is 0 Å². The third-order valence-electron chi connectivity index (χ3n) is 5.64. The molecule has 13 heteroatoms. The molecule has 0 aliphatic heterocycles. The first-order chi connectivity index (χ1) is 18.0. The summed E-state index contributed by atoms with van der Waals surface area (Å²) >= 11 is 12.1. The quantitative estimate of drug-likeness (QED) is 0.189. The molecule has 4 aromatic rings. The largest absolute Gasteiger partial charge is 1.00 e. The first-order valence-electron chi connectivity index (χ1n) is 11.1. The normalized spacial score (nSPS) is 11.4. The monoisotopic (exact) mass is 595 g/mol. The van der Waals surface area contributed by atoms with Crippen LogP contribution in [0.5, 0.6) is 11.5 Å². The number of hydrogen-bond donors (Lipinski definition) is 2. The van der Waals surface area contributed by atoms with Crippen LogP contribution in [0.15, 0.2) is 75.8 Å². The van der Waals surface area contributed by atoms with Gasteiger partial charge in [0.2, 0.25) is 0 Å². The Morgan fingerprint density at radius 1 is 1.05 bits per heavy atom. The predicted molar refractivity (Wildman–Crippen MR) is 144 cm³/mol. The standard InChI is InChI=1S/C26H21Cl2N3O6S.Na/c1-3-14-8-9-21(28)25(38(34,35)36)22(14)30-31-23-19-7-5-4-6-15(19)10-20(24(23)32)26(33)29-17-11-16(27)12-18(13-17)37-2;/h4-13,32H,3H2,1-2H3,(H,29,33)(H,34,35,36);/q;+1/p-1. The van der Waals surface area contributed by atoms with E-state index >= 15 is 0 Å². The molecule has 39 heavy (non-hydrogen) atoms. The molecule has 0 saturated carbocycles. The number of benzene rings is 4. The molecule has 196 valence electrons. The zero-order chi connectivity index (χ0) is 27.6. The second-order valence-electron chi connectivity index (χ2n) is 8.07. The van der Waals surface area contributed by atoms with E-state index in [1.165, 1.54) is 31.4 Å². The second kappa shape index (κ2) is 12.6. The van der Waals surface area contributed by atoms with E-state index in [2.05, 4.69) is 15.5 Å². The molecule has 0 radical (unpaired) electrons. The van der Waals surface area contributed by atoms with Crippen LogP contribution in [0.25, 0.3) is 10.8 Å². The molecule has 0 saturated heterocycles. The number of nitrogens with one attached hydrogen (secondary N) is 1. The molecule has 0 bridgehead atoms. The van der Waals surface area contributed by atoms with Crippen molar-refractivity contribution in [3.8, 4) is 11.5 Å². The number of amides is 1. The molecule has 0 aliphatic rings. The second-order valence-corrected chi connectivity index (χ2v) is 10.3. The fraction of sp³-hybridized carbons (Fsp3) is 0.115. The summed E-state index contributed by atoms with van der Waals surface area (Å²) in [6.45, 7) is 1.75. The molecule has 4 aromatic carbocycles. The molecule has 0 unspecified atom stereocenters. The summed E-state index contributed by atoms with van der Waals surface area (Å²) in [6.07, 6.45) is 0.338. The van der Waals surface area contributed by atoms with E-state index in [9.17, 15) is 22.9 Å². The molecule has 0 spiro atoms. The maximum atomic E-state index is 13.5. The van der Waals surface area contributed by atoms with Crippen molar-refractivity contribution in [2.45, 2.75) is 18.2 Å². The molecule has 9 nitrogen and oxygen atoms in total. The average Bonchev–Trinajstić information content (AvgIpc) is 2.86. The fourth-order valence-electron chi connectivity index (χ4n) is 3.86. The van der Waals surface area contributed by atoms with Gasteiger partial charge in [0, 0.05) is 27.7 Å². The minimum Gasteiger partial charge on any atom is -0.870 e. The molecule has 0 atom stereocenters. The van der Waals surface area contributed by atoms with Crippen molar-refractivity contribution in [2.24, 2.45) is 10.2 Å². The van der Waals surface area contributed by atoms with Crippen LogP contribution in [-0.2, 0) is 16.5 Å². The number of nitrogens with zero attached hydrogens (tertiary/aromatic N) is 2. The van der Waals surface area contributed by atoms with Gasteiger partial charge in [-0.05, 0) is 41.6 Å². The van der Waals surface area contributed by atoms with Crippen LogP contribution in [0.4, 0.5) is 17.1 Å². The van der Waals surface area contributed by atoms with Gasteiger partial charge < -0.3 is 15.2 Å². The number of azo groups is 1.